The molecule has 8 heteroatoms. The molecule has 0 aliphatic carbocycles. The quantitative estimate of drug-likeness (QED) is 0.631. The minimum absolute atomic E-state index is 0.104. The summed E-state index contributed by atoms with van der Waals surface area (Å²) in [5, 5.41) is 4.20. The van der Waals surface area contributed by atoms with Gasteiger partial charge in [-0.3, -0.25) is 25.2 Å². The zero-order valence-electron chi connectivity index (χ0n) is 17.2. The summed E-state index contributed by atoms with van der Waals surface area (Å²) in [6.45, 7) is 2.61. The van der Waals surface area contributed by atoms with Crippen molar-refractivity contribution < 1.29 is 9.59 Å². The summed E-state index contributed by atoms with van der Waals surface area (Å²) < 4.78 is 1.52. The van der Waals surface area contributed by atoms with E-state index in [0.717, 1.165) is 30.8 Å². The van der Waals surface area contributed by atoms with Gasteiger partial charge in [-0.2, -0.15) is 5.10 Å². The number of carbonyl (C=O) groups is 2. The van der Waals surface area contributed by atoms with E-state index in [4.69, 9.17) is 0 Å². The minimum Gasteiger partial charge on any atom is -0.362 e. The zero-order valence-corrected chi connectivity index (χ0v) is 17.2. The summed E-state index contributed by atoms with van der Waals surface area (Å²) in [5.41, 5.74) is 7.45. The van der Waals surface area contributed by atoms with Gasteiger partial charge >= 0.3 is 0 Å². The highest BCUT2D eigenvalue weighted by atomic mass is 16.2. The number of hydrazine groups is 1. The van der Waals surface area contributed by atoms with Gasteiger partial charge < -0.3 is 4.90 Å². The van der Waals surface area contributed by atoms with Crippen molar-refractivity contribution in [2.24, 2.45) is 0 Å². The SMILES string of the molecule is Cc1cc(=O)c(C(=O)NNC(=O)CN2CCCc3ccccc32)nn1-c1ccccc1. The molecule has 0 radical (unpaired) electrons. The largest absolute Gasteiger partial charge is 0.362 e. The summed E-state index contributed by atoms with van der Waals surface area (Å²) in [5.74, 6) is -1.14. The highest BCUT2D eigenvalue weighted by Gasteiger charge is 2.20. The second-order valence-corrected chi connectivity index (χ2v) is 7.40. The maximum Gasteiger partial charge on any atom is 0.294 e. The highest BCUT2D eigenvalue weighted by molar-refractivity contribution is 5.94. The van der Waals surface area contributed by atoms with Gasteiger partial charge in [0.15, 0.2) is 5.69 Å². The van der Waals surface area contributed by atoms with Gasteiger partial charge in [0.25, 0.3) is 11.8 Å². The minimum atomic E-state index is -0.762. The number of aromatic nitrogens is 2. The van der Waals surface area contributed by atoms with Gasteiger partial charge in [0.1, 0.15) is 0 Å². The van der Waals surface area contributed by atoms with E-state index in [1.54, 1.807) is 6.92 Å². The molecule has 0 fully saturated rings. The summed E-state index contributed by atoms with van der Waals surface area (Å²) in [6, 6.07) is 18.5. The molecule has 158 valence electrons. The highest BCUT2D eigenvalue weighted by Crippen LogP contribution is 2.26. The van der Waals surface area contributed by atoms with Crippen LogP contribution in [0.4, 0.5) is 5.69 Å². The van der Waals surface area contributed by atoms with Crippen LogP contribution >= 0.6 is 0 Å². The number of amides is 2. The van der Waals surface area contributed by atoms with E-state index >= 15 is 0 Å². The zero-order chi connectivity index (χ0) is 21.8. The number of para-hydroxylation sites is 2. The van der Waals surface area contributed by atoms with Crippen LogP contribution < -0.4 is 21.2 Å². The van der Waals surface area contributed by atoms with Gasteiger partial charge in [0.05, 0.1) is 12.2 Å². The first-order valence-electron chi connectivity index (χ1n) is 10.1. The lowest BCUT2D eigenvalue weighted by atomic mass is 10.0. The first-order chi connectivity index (χ1) is 15.0. The van der Waals surface area contributed by atoms with Crippen LogP contribution in [0, 0.1) is 6.92 Å². The van der Waals surface area contributed by atoms with Crippen LogP contribution in [0.2, 0.25) is 0 Å². The molecule has 0 saturated carbocycles. The third-order valence-corrected chi connectivity index (χ3v) is 5.18. The predicted molar refractivity (Wildman–Crippen MR) is 117 cm³/mol. The average molecular weight is 417 g/mol. The number of benzene rings is 2. The second-order valence-electron chi connectivity index (χ2n) is 7.40. The lowest BCUT2D eigenvalue weighted by Gasteiger charge is -2.30. The smallest absolute Gasteiger partial charge is 0.294 e. The third kappa shape index (κ3) is 4.48. The van der Waals surface area contributed by atoms with Crippen LogP contribution in [0.5, 0.6) is 0 Å². The number of aryl methyl sites for hydroxylation is 2. The van der Waals surface area contributed by atoms with Gasteiger partial charge in [-0.1, -0.05) is 36.4 Å². The van der Waals surface area contributed by atoms with Crippen molar-refractivity contribution in [2.75, 3.05) is 18.0 Å². The number of carbonyl (C=O) groups excluding carboxylic acids is 2. The number of hydrogen-bond acceptors (Lipinski definition) is 5. The molecule has 2 aromatic carbocycles. The van der Waals surface area contributed by atoms with Crippen molar-refractivity contribution in [2.45, 2.75) is 19.8 Å². The van der Waals surface area contributed by atoms with Gasteiger partial charge in [-0.25, -0.2) is 4.68 Å². The van der Waals surface area contributed by atoms with E-state index in [1.807, 2.05) is 53.4 Å². The molecule has 0 atom stereocenters. The third-order valence-electron chi connectivity index (χ3n) is 5.18. The Morgan fingerprint density at radius 2 is 1.77 bits per heavy atom. The van der Waals surface area contributed by atoms with E-state index in [0.29, 0.717) is 5.69 Å². The fraction of sp³-hybridized carbons (Fsp3) is 0.217. The predicted octanol–water partition coefficient (Wildman–Crippen LogP) is 1.75. The molecule has 1 aliphatic heterocycles. The molecule has 0 spiro atoms. The van der Waals surface area contributed by atoms with E-state index < -0.39 is 11.3 Å². The van der Waals surface area contributed by atoms with Crippen LogP contribution in [0.1, 0.15) is 28.2 Å². The molecule has 0 saturated heterocycles. The summed E-state index contributed by atoms with van der Waals surface area (Å²) in [7, 11) is 0. The van der Waals surface area contributed by atoms with Crippen molar-refractivity contribution in [1.82, 2.24) is 20.6 Å². The van der Waals surface area contributed by atoms with Crippen LogP contribution in [-0.2, 0) is 11.2 Å². The number of nitrogens with zero attached hydrogens (tertiary/aromatic N) is 3. The van der Waals surface area contributed by atoms with Gasteiger partial charge in [-0.05, 0) is 43.5 Å². The standard InChI is InChI=1S/C23H23N5O3/c1-16-14-20(29)22(26-28(16)18-10-3-2-4-11-18)23(31)25-24-21(30)15-27-13-7-9-17-8-5-6-12-19(17)27/h2-6,8,10-12,14H,7,9,13,15H2,1H3,(H,24,30)(H,25,31). The van der Waals surface area contributed by atoms with Gasteiger partial charge in [0.2, 0.25) is 5.43 Å². The lowest BCUT2D eigenvalue weighted by Crippen LogP contribution is -2.48. The van der Waals surface area contributed by atoms with E-state index in [-0.39, 0.29) is 18.1 Å². The van der Waals surface area contributed by atoms with Crippen LogP contribution in [0.3, 0.4) is 0 Å². The Bertz CT molecular complexity index is 1170. The molecule has 1 aliphatic rings. The van der Waals surface area contributed by atoms with Crippen LogP contribution in [-0.4, -0.2) is 34.7 Å². The van der Waals surface area contributed by atoms with E-state index in [2.05, 4.69) is 22.0 Å². The molecule has 0 bridgehead atoms. The molecular weight excluding hydrogens is 394 g/mol. The molecule has 4 rings (SSSR count). The Morgan fingerprint density at radius 3 is 2.58 bits per heavy atom. The fourth-order valence-corrected chi connectivity index (χ4v) is 3.71. The Kier molecular flexibility index (Phi) is 5.79. The average Bonchev–Trinajstić information content (AvgIpc) is 2.78. The second kappa shape index (κ2) is 8.83. The van der Waals surface area contributed by atoms with Crippen molar-refractivity contribution in [1.29, 1.82) is 0 Å². The van der Waals surface area contributed by atoms with Crippen LogP contribution in [0.15, 0.2) is 65.5 Å². The van der Waals surface area contributed by atoms with Crippen molar-refractivity contribution >= 4 is 17.5 Å². The molecule has 3 aromatic rings. The Hall–Kier alpha value is -3.94. The Labute approximate surface area is 179 Å². The molecule has 2 amide bonds. The number of fused-ring (bicyclic) bond motifs is 1. The fourth-order valence-electron chi connectivity index (χ4n) is 3.71. The molecule has 0 unspecified atom stereocenters. The van der Waals surface area contributed by atoms with Crippen LogP contribution in [0.25, 0.3) is 5.69 Å². The number of nitrogens with one attached hydrogen (secondary N) is 2. The molecule has 2 heterocycles. The summed E-state index contributed by atoms with van der Waals surface area (Å²) >= 11 is 0. The topological polar surface area (TPSA) is 96.3 Å². The van der Waals surface area contributed by atoms with Crippen molar-refractivity contribution in [3.8, 4) is 5.69 Å². The summed E-state index contributed by atoms with van der Waals surface area (Å²) in [4.78, 5) is 39.2. The van der Waals surface area contributed by atoms with Crippen molar-refractivity contribution in [3.05, 3.63) is 87.8 Å². The van der Waals surface area contributed by atoms with E-state index in [9.17, 15) is 14.4 Å². The molecule has 1 aromatic heterocycles. The number of hydrogen-bond donors (Lipinski definition) is 2. The number of rotatable bonds is 4. The van der Waals surface area contributed by atoms with Gasteiger partial charge in [0, 0.05) is 24.0 Å². The molecular formula is C23H23N5O3. The normalized spacial score (nSPS) is 12.7. The molecule has 2 N–H and O–H groups in total. The maximum absolute atomic E-state index is 12.5. The molecule has 8 nitrogen and oxygen atoms in total. The number of anilines is 1. The summed E-state index contributed by atoms with van der Waals surface area (Å²) in [6.07, 6.45) is 1.95. The van der Waals surface area contributed by atoms with Crippen molar-refractivity contribution in [3.63, 3.8) is 0 Å². The first kappa shape index (κ1) is 20.3. The maximum atomic E-state index is 12.5. The monoisotopic (exact) mass is 417 g/mol. The Balaban J connectivity index is 1.44. The Morgan fingerprint density at radius 1 is 1.03 bits per heavy atom. The lowest BCUT2D eigenvalue weighted by molar-refractivity contribution is -0.120. The first-order valence-corrected chi connectivity index (χ1v) is 10.1. The molecule has 31 heavy (non-hydrogen) atoms. The van der Waals surface area contributed by atoms with E-state index in [1.165, 1.54) is 16.3 Å². The van der Waals surface area contributed by atoms with Gasteiger partial charge in [-0.15, -0.1) is 0 Å².